The van der Waals surface area contributed by atoms with Gasteiger partial charge in [0.2, 0.25) is 0 Å². The molecule has 0 fully saturated rings. The maximum atomic E-state index is 6.35. The number of methoxy groups -OCH3 is 1. The summed E-state index contributed by atoms with van der Waals surface area (Å²) in [5, 5.41) is 0.334. The fourth-order valence-corrected chi connectivity index (χ4v) is 3.74. The van der Waals surface area contributed by atoms with Gasteiger partial charge >= 0.3 is 0 Å². The van der Waals surface area contributed by atoms with Gasteiger partial charge in [0.1, 0.15) is 5.75 Å². The van der Waals surface area contributed by atoms with Gasteiger partial charge in [-0.2, -0.15) is 11.8 Å². The Kier molecular flexibility index (Phi) is 8.81. The van der Waals surface area contributed by atoms with Gasteiger partial charge in [-0.05, 0) is 37.2 Å². The van der Waals surface area contributed by atoms with Crippen LogP contribution in [0.25, 0.3) is 0 Å². The van der Waals surface area contributed by atoms with Crippen molar-refractivity contribution in [3.63, 3.8) is 0 Å². The molecule has 0 saturated carbocycles. The SMILES string of the molecule is CCC(N)C(SCCN(CC)CC)c1cccc(OC)c1. The zero-order valence-corrected chi connectivity index (χ0v) is 14.7. The van der Waals surface area contributed by atoms with Gasteiger partial charge in [-0.1, -0.05) is 32.9 Å². The van der Waals surface area contributed by atoms with Gasteiger partial charge < -0.3 is 15.4 Å². The smallest absolute Gasteiger partial charge is 0.119 e. The number of hydrogen-bond donors (Lipinski definition) is 1. The van der Waals surface area contributed by atoms with E-state index in [9.17, 15) is 0 Å². The van der Waals surface area contributed by atoms with E-state index in [1.54, 1.807) is 7.11 Å². The zero-order valence-electron chi connectivity index (χ0n) is 13.8. The highest BCUT2D eigenvalue weighted by atomic mass is 32.2. The second-order valence-electron chi connectivity index (χ2n) is 5.17. The summed E-state index contributed by atoms with van der Waals surface area (Å²) < 4.78 is 5.34. The van der Waals surface area contributed by atoms with Crippen molar-refractivity contribution in [2.75, 3.05) is 32.5 Å². The number of nitrogens with two attached hydrogens (primary N) is 1. The lowest BCUT2D eigenvalue weighted by Gasteiger charge is -2.25. The van der Waals surface area contributed by atoms with E-state index in [0.717, 1.165) is 37.6 Å². The first-order valence-corrected chi connectivity index (χ1v) is 8.94. The Hall–Kier alpha value is -0.710. The highest BCUT2D eigenvalue weighted by Gasteiger charge is 2.19. The van der Waals surface area contributed by atoms with Crippen molar-refractivity contribution in [2.24, 2.45) is 5.73 Å². The molecule has 0 heterocycles. The Labute approximate surface area is 134 Å². The van der Waals surface area contributed by atoms with E-state index in [-0.39, 0.29) is 6.04 Å². The van der Waals surface area contributed by atoms with Crippen LogP contribution in [0.15, 0.2) is 24.3 Å². The van der Waals surface area contributed by atoms with E-state index >= 15 is 0 Å². The molecular weight excluding hydrogens is 280 g/mol. The Morgan fingerprint density at radius 3 is 2.52 bits per heavy atom. The first-order chi connectivity index (χ1) is 10.2. The predicted octanol–water partition coefficient (Wildman–Crippen LogP) is 3.55. The van der Waals surface area contributed by atoms with Crippen LogP contribution in [0.1, 0.15) is 38.0 Å². The molecule has 2 atom stereocenters. The number of thioether (sulfide) groups is 1. The molecule has 0 radical (unpaired) electrons. The maximum absolute atomic E-state index is 6.35. The first-order valence-electron chi connectivity index (χ1n) is 7.89. The Bertz CT molecular complexity index is 396. The van der Waals surface area contributed by atoms with Gasteiger partial charge in [0.15, 0.2) is 0 Å². The van der Waals surface area contributed by atoms with Crippen molar-refractivity contribution in [2.45, 2.75) is 38.5 Å². The Morgan fingerprint density at radius 1 is 1.24 bits per heavy atom. The van der Waals surface area contributed by atoms with E-state index in [1.807, 2.05) is 17.8 Å². The quantitative estimate of drug-likeness (QED) is 0.717. The van der Waals surface area contributed by atoms with Gasteiger partial charge in [0.25, 0.3) is 0 Å². The van der Waals surface area contributed by atoms with Crippen LogP contribution in [-0.2, 0) is 0 Å². The lowest BCUT2D eigenvalue weighted by atomic mass is 10.0. The minimum atomic E-state index is 0.179. The summed E-state index contributed by atoms with van der Waals surface area (Å²) in [4.78, 5) is 2.45. The van der Waals surface area contributed by atoms with Crippen LogP contribution in [-0.4, -0.2) is 43.4 Å². The van der Waals surface area contributed by atoms with Crippen LogP contribution >= 0.6 is 11.8 Å². The first kappa shape index (κ1) is 18.3. The fraction of sp³-hybridized carbons (Fsp3) is 0.647. The standard InChI is InChI=1S/C17H30N2OS/c1-5-16(18)17(21-12-11-19(6-2)7-3)14-9-8-10-15(13-14)20-4/h8-10,13,16-17H,5-7,11-12,18H2,1-4H3. The normalized spacial score (nSPS) is 14.2. The molecule has 0 spiro atoms. The molecule has 21 heavy (non-hydrogen) atoms. The topological polar surface area (TPSA) is 38.5 Å². The molecule has 0 aliphatic heterocycles. The molecule has 1 aromatic rings. The number of nitrogens with zero attached hydrogens (tertiary/aromatic N) is 1. The maximum Gasteiger partial charge on any atom is 0.119 e. The lowest BCUT2D eigenvalue weighted by molar-refractivity contribution is 0.323. The molecule has 0 amide bonds. The minimum absolute atomic E-state index is 0.179. The summed E-state index contributed by atoms with van der Waals surface area (Å²) in [5.41, 5.74) is 7.62. The molecule has 2 unspecified atom stereocenters. The third kappa shape index (κ3) is 5.89. The average Bonchev–Trinajstić information content (AvgIpc) is 2.54. The van der Waals surface area contributed by atoms with Crippen molar-refractivity contribution >= 4 is 11.8 Å². The van der Waals surface area contributed by atoms with Crippen LogP contribution < -0.4 is 10.5 Å². The summed E-state index contributed by atoms with van der Waals surface area (Å²) >= 11 is 1.96. The van der Waals surface area contributed by atoms with Crippen molar-refractivity contribution in [3.05, 3.63) is 29.8 Å². The van der Waals surface area contributed by atoms with Crippen LogP contribution in [0.5, 0.6) is 5.75 Å². The fourth-order valence-electron chi connectivity index (χ4n) is 2.35. The van der Waals surface area contributed by atoms with Crippen molar-refractivity contribution < 1.29 is 4.74 Å². The van der Waals surface area contributed by atoms with Crippen LogP contribution in [0.4, 0.5) is 0 Å². The number of rotatable bonds is 10. The summed E-state index contributed by atoms with van der Waals surface area (Å²) in [6, 6.07) is 8.49. The van der Waals surface area contributed by atoms with E-state index < -0.39 is 0 Å². The molecule has 0 saturated heterocycles. The molecule has 1 aromatic carbocycles. The van der Waals surface area contributed by atoms with E-state index in [4.69, 9.17) is 10.5 Å². The molecule has 4 heteroatoms. The molecule has 1 rings (SSSR count). The highest BCUT2D eigenvalue weighted by molar-refractivity contribution is 7.99. The van der Waals surface area contributed by atoms with Crippen molar-refractivity contribution in [1.29, 1.82) is 0 Å². The van der Waals surface area contributed by atoms with Crippen LogP contribution in [0.3, 0.4) is 0 Å². The van der Waals surface area contributed by atoms with E-state index in [2.05, 4.69) is 43.9 Å². The summed E-state index contributed by atoms with van der Waals surface area (Å²) in [5.74, 6) is 2.02. The van der Waals surface area contributed by atoms with Crippen LogP contribution in [0, 0.1) is 0 Å². The van der Waals surface area contributed by atoms with Gasteiger partial charge in [0.05, 0.1) is 7.11 Å². The number of hydrogen-bond acceptors (Lipinski definition) is 4. The predicted molar refractivity (Wildman–Crippen MR) is 94.2 cm³/mol. The third-order valence-corrected chi connectivity index (χ3v) is 5.28. The zero-order chi connectivity index (χ0) is 15.7. The van der Waals surface area contributed by atoms with Gasteiger partial charge in [-0.25, -0.2) is 0 Å². The van der Waals surface area contributed by atoms with Crippen molar-refractivity contribution in [1.82, 2.24) is 4.90 Å². The monoisotopic (exact) mass is 310 g/mol. The summed E-state index contributed by atoms with van der Waals surface area (Å²) in [6.07, 6.45) is 0.986. The number of ether oxygens (including phenoxy) is 1. The molecule has 0 bridgehead atoms. The van der Waals surface area contributed by atoms with E-state index in [1.165, 1.54) is 5.56 Å². The second-order valence-corrected chi connectivity index (χ2v) is 6.42. The number of benzene rings is 1. The molecule has 2 N–H and O–H groups in total. The molecule has 3 nitrogen and oxygen atoms in total. The average molecular weight is 311 g/mol. The van der Waals surface area contributed by atoms with Gasteiger partial charge in [-0.15, -0.1) is 0 Å². The van der Waals surface area contributed by atoms with Crippen molar-refractivity contribution in [3.8, 4) is 5.75 Å². The molecule has 0 aromatic heterocycles. The second kappa shape index (κ2) is 10.1. The third-order valence-electron chi connectivity index (χ3n) is 3.88. The molecule has 0 aliphatic rings. The Balaban J connectivity index is 2.71. The summed E-state index contributed by atoms with van der Waals surface area (Å²) in [7, 11) is 1.71. The molecular formula is C17H30N2OS. The molecule has 0 aliphatic carbocycles. The van der Waals surface area contributed by atoms with Crippen LogP contribution in [0.2, 0.25) is 0 Å². The van der Waals surface area contributed by atoms with Gasteiger partial charge in [0, 0.05) is 23.6 Å². The summed E-state index contributed by atoms with van der Waals surface area (Å²) in [6.45, 7) is 9.93. The lowest BCUT2D eigenvalue weighted by Crippen LogP contribution is -2.29. The molecule has 120 valence electrons. The highest BCUT2D eigenvalue weighted by Crippen LogP contribution is 2.34. The Morgan fingerprint density at radius 2 is 1.95 bits per heavy atom. The minimum Gasteiger partial charge on any atom is -0.497 e. The largest absolute Gasteiger partial charge is 0.497 e. The van der Waals surface area contributed by atoms with Gasteiger partial charge in [-0.3, -0.25) is 0 Å². The van der Waals surface area contributed by atoms with E-state index in [0.29, 0.717) is 5.25 Å².